The molecule has 0 fully saturated rings. The summed E-state index contributed by atoms with van der Waals surface area (Å²) in [7, 11) is -3.28. The number of thiocyanates is 1. The highest BCUT2D eigenvalue weighted by molar-refractivity contribution is 8.03. The summed E-state index contributed by atoms with van der Waals surface area (Å²) >= 11 is 0.836. The van der Waals surface area contributed by atoms with Gasteiger partial charge in [0, 0.05) is 12.8 Å². The average molecular weight is 337 g/mol. The smallest absolute Gasteiger partial charge is 0.281 e. The number of nitriles is 1. The third-order valence-corrected chi connectivity index (χ3v) is 5.19. The molecular weight excluding hydrogens is 322 g/mol. The van der Waals surface area contributed by atoms with Gasteiger partial charge >= 0.3 is 0 Å². The first-order chi connectivity index (χ1) is 10.3. The molecule has 0 atom stereocenters. The first-order valence-electron chi connectivity index (χ1n) is 6.50. The first-order valence-corrected chi connectivity index (χ1v) is 9.21. The molecule has 116 valence electrons. The molecule has 0 aliphatic rings. The van der Waals surface area contributed by atoms with Crippen LogP contribution in [0.3, 0.4) is 0 Å². The summed E-state index contributed by atoms with van der Waals surface area (Å²) in [5, 5.41) is 10.7. The summed E-state index contributed by atoms with van der Waals surface area (Å²) in [6, 6.07) is 6.11. The van der Waals surface area contributed by atoms with Crippen molar-refractivity contribution in [3.05, 3.63) is 40.3 Å². The van der Waals surface area contributed by atoms with Gasteiger partial charge < -0.3 is 0 Å². The highest BCUT2D eigenvalue weighted by Crippen LogP contribution is 2.21. The second-order valence-corrected chi connectivity index (χ2v) is 7.52. The van der Waals surface area contributed by atoms with Crippen LogP contribution in [0.1, 0.15) is 12.6 Å². The molecule has 2 rings (SSSR count). The Hall–Kier alpha value is -1.98. The Morgan fingerprint density at radius 3 is 2.32 bits per heavy atom. The topological polar surface area (TPSA) is 84.9 Å². The van der Waals surface area contributed by atoms with E-state index < -0.39 is 9.84 Å². The second-order valence-electron chi connectivity index (χ2n) is 4.71. The van der Waals surface area contributed by atoms with Crippen LogP contribution >= 0.6 is 11.8 Å². The van der Waals surface area contributed by atoms with Gasteiger partial charge in [-0.2, -0.15) is 5.26 Å². The zero-order chi connectivity index (χ0) is 16.5. The van der Waals surface area contributed by atoms with E-state index in [0.29, 0.717) is 22.8 Å². The summed E-state index contributed by atoms with van der Waals surface area (Å²) < 4.78 is 26.2. The Labute approximate surface area is 132 Å². The predicted molar refractivity (Wildman–Crippen MR) is 85.0 cm³/mol. The van der Waals surface area contributed by atoms with E-state index in [-0.39, 0.29) is 10.5 Å². The summed E-state index contributed by atoms with van der Waals surface area (Å²) in [6.07, 6.45) is 1.13. The number of benzene rings is 1. The molecule has 1 aromatic carbocycles. The molecule has 0 saturated heterocycles. The van der Waals surface area contributed by atoms with E-state index in [4.69, 9.17) is 5.26 Å². The van der Waals surface area contributed by atoms with Crippen LogP contribution in [-0.4, -0.2) is 24.0 Å². The third kappa shape index (κ3) is 2.82. The van der Waals surface area contributed by atoms with Gasteiger partial charge in [-0.05, 0) is 49.9 Å². The van der Waals surface area contributed by atoms with Crippen LogP contribution in [0, 0.1) is 17.6 Å². The predicted octanol–water partition coefficient (Wildman–Crippen LogP) is 1.94. The monoisotopic (exact) mass is 337 g/mol. The van der Waals surface area contributed by atoms with E-state index in [9.17, 15) is 13.2 Å². The van der Waals surface area contributed by atoms with E-state index >= 15 is 0 Å². The number of hydrogen-bond acceptors (Lipinski definition) is 5. The Bertz CT molecular complexity index is 901. The molecule has 1 heterocycles. The van der Waals surface area contributed by atoms with E-state index in [1.54, 1.807) is 23.7 Å². The molecule has 0 unspecified atom stereocenters. The van der Waals surface area contributed by atoms with Crippen molar-refractivity contribution in [2.45, 2.75) is 30.2 Å². The Morgan fingerprint density at radius 2 is 1.86 bits per heavy atom. The van der Waals surface area contributed by atoms with E-state index in [1.165, 1.54) is 16.8 Å². The fourth-order valence-corrected chi connectivity index (χ4v) is 3.41. The maximum atomic E-state index is 12.5. The number of thioether (sulfide) groups is 1. The van der Waals surface area contributed by atoms with E-state index in [0.717, 1.165) is 18.0 Å². The highest BCUT2D eigenvalue weighted by atomic mass is 32.2. The van der Waals surface area contributed by atoms with Crippen LogP contribution in [0.4, 0.5) is 0 Å². The number of hydrogen-bond donors (Lipinski definition) is 0. The minimum Gasteiger partial charge on any atom is -0.281 e. The molecule has 0 spiro atoms. The molecule has 0 radical (unpaired) electrons. The average Bonchev–Trinajstić information content (AvgIpc) is 2.71. The fraction of sp³-hybridized carbons (Fsp3) is 0.286. The summed E-state index contributed by atoms with van der Waals surface area (Å²) in [4.78, 5) is 13.1. The van der Waals surface area contributed by atoms with Gasteiger partial charge in [-0.15, -0.1) is 0 Å². The Morgan fingerprint density at radius 1 is 1.27 bits per heavy atom. The minimum atomic E-state index is -3.28. The first kappa shape index (κ1) is 16.4. The largest absolute Gasteiger partial charge is 0.286 e. The van der Waals surface area contributed by atoms with Gasteiger partial charge in [0.25, 0.3) is 5.56 Å². The molecule has 8 heteroatoms. The lowest BCUT2D eigenvalue weighted by Gasteiger charge is -2.11. The molecule has 0 aliphatic carbocycles. The van der Waals surface area contributed by atoms with Crippen molar-refractivity contribution in [3.63, 3.8) is 0 Å². The van der Waals surface area contributed by atoms with Crippen LogP contribution in [0.15, 0.2) is 38.9 Å². The SMILES string of the molecule is CCn1c(C)c(SC#N)c(=O)n1-c1ccc(S(C)(=O)=O)cc1. The third-order valence-electron chi connectivity index (χ3n) is 3.30. The number of rotatable bonds is 4. The fourth-order valence-electron chi connectivity index (χ4n) is 2.26. The maximum absolute atomic E-state index is 12.5. The number of nitrogens with zero attached hydrogens (tertiary/aromatic N) is 3. The van der Waals surface area contributed by atoms with Gasteiger partial charge in [0.05, 0.1) is 16.3 Å². The number of aromatic nitrogens is 2. The summed E-state index contributed by atoms with van der Waals surface area (Å²) in [5.41, 5.74) is 0.997. The normalized spacial score (nSPS) is 11.4. The van der Waals surface area contributed by atoms with Crippen LogP contribution in [0.25, 0.3) is 5.69 Å². The summed E-state index contributed by atoms with van der Waals surface area (Å²) in [6.45, 7) is 4.24. The van der Waals surface area contributed by atoms with E-state index in [2.05, 4.69) is 0 Å². The summed E-state index contributed by atoms with van der Waals surface area (Å²) in [5.74, 6) is 0. The maximum Gasteiger partial charge on any atom is 0.286 e. The van der Waals surface area contributed by atoms with Crippen LogP contribution in [0.2, 0.25) is 0 Å². The quantitative estimate of drug-likeness (QED) is 0.629. The lowest BCUT2D eigenvalue weighted by Crippen LogP contribution is -2.21. The lowest BCUT2D eigenvalue weighted by atomic mass is 10.3. The van der Waals surface area contributed by atoms with Crippen molar-refractivity contribution >= 4 is 21.6 Å². The van der Waals surface area contributed by atoms with Crippen LogP contribution in [0.5, 0.6) is 0 Å². The van der Waals surface area contributed by atoms with Crippen LogP contribution in [-0.2, 0) is 16.4 Å². The lowest BCUT2D eigenvalue weighted by molar-refractivity contribution is 0.559. The Kier molecular flexibility index (Phi) is 4.49. The van der Waals surface area contributed by atoms with Gasteiger partial charge in [-0.1, -0.05) is 0 Å². The molecule has 6 nitrogen and oxygen atoms in total. The minimum absolute atomic E-state index is 0.197. The van der Waals surface area contributed by atoms with Gasteiger partial charge in [0.2, 0.25) is 0 Å². The molecule has 0 aliphatic heterocycles. The molecule has 1 aromatic heterocycles. The van der Waals surface area contributed by atoms with Gasteiger partial charge in [0.1, 0.15) is 10.3 Å². The van der Waals surface area contributed by atoms with Crippen molar-refractivity contribution in [2.24, 2.45) is 0 Å². The van der Waals surface area contributed by atoms with Crippen molar-refractivity contribution in [1.29, 1.82) is 5.26 Å². The second kappa shape index (κ2) is 6.02. The molecule has 0 bridgehead atoms. The van der Waals surface area contributed by atoms with Gasteiger partial charge in [-0.25, -0.2) is 13.1 Å². The van der Waals surface area contributed by atoms with E-state index in [1.807, 2.05) is 12.3 Å². The van der Waals surface area contributed by atoms with Gasteiger partial charge in [0.15, 0.2) is 9.84 Å². The van der Waals surface area contributed by atoms with Crippen molar-refractivity contribution in [1.82, 2.24) is 9.36 Å². The molecule has 22 heavy (non-hydrogen) atoms. The van der Waals surface area contributed by atoms with Gasteiger partial charge in [-0.3, -0.25) is 9.48 Å². The standard InChI is InChI=1S/C14H15N3O3S2/c1-4-16-10(2)13(21-9-15)14(18)17(16)11-5-7-12(8-6-11)22(3,19)20/h5-8H,4H2,1-3H3. The van der Waals surface area contributed by atoms with Crippen LogP contribution < -0.4 is 5.56 Å². The molecule has 2 aromatic rings. The number of sulfone groups is 1. The zero-order valence-corrected chi connectivity index (χ0v) is 14.0. The molecular formula is C14H15N3O3S2. The zero-order valence-electron chi connectivity index (χ0n) is 12.4. The van der Waals surface area contributed by atoms with Crippen molar-refractivity contribution in [3.8, 4) is 11.1 Å². The molecule has 0 saturated carbocycles. The highest BCUT2D eigenvalue weighted by Gasteiger charge is 2.18. The van der Waals surface area contributed by atoms with Crippen molar-refractivity contribution < 1.29 is 8.42 Å². The van der Waals surface area contributed by atoms with Crippen molar-refractivity contribution in [2.75, 3.05) is 6.26 Å². The molecule has 0 amide bonds. The molecule has 0 N–H and O–H groups in total. The Balaban J connectivity index is 2.65.